The zero-order valence-corrected chi connectivity index (χ0v) is 13.7. The molecule has 0 saturated heterocycles. The first-order chi connectivity index (χ1) is 11.1. The van der Waals surface area contributed by atoms with Crippen LogP contribution in [0.5, 0.6) is 5.75 Å². The maximum absolute atomic E-state index is 11.7. The number of hydrogen-bond acceptors (Lipinski definition) is 5. The standard InChI is InChI=1S/C18H24O5/c1-13(19)11-18(20)23-17-6-4-3-5-16(17)22-12-14-7-9-15(21-2)10-8-14/h7-10,16-17H,3-6,11-12H2,1-2H3/t16-,17-/m1/s1. The average Bonchev–Trinajstić information content (AvgIpc) is 2.53. The molecule has 2 rings (SSSR count). The predicted molar refractivity (Wildman–Crippen MR) is 85.2 cm³/mol. The van der Waals surface area contributed by atoms with Crippen LogP contribution < -0.4 is 4.74 Å². The molecule has 5 heteroatoms. The van der Waals surface area contributed by atoms with Crippen molar-refractivity contribution < 1.29 is 23.8 Å². The lowest BCUT2D eigenvalue weighted by molar-refractivity contribution is -0.162. The molecular formula is C18H24O5. The minimum absolute atomic E-state index is 0.109. The third-order valence-electron chi connectivity index (χ3n) is 3.94. The van der Waals surface area contributed by atoms with Crippen LogP contribution >= 0.6 is 0 Å². The van der Waals surface area contributed by atoms with Gasteiger partial charge < -0.3 is 14.2 Å². The Morgan fingerprint density at radius 1 is 1.09 bits per heavy atom. The van der Waals surface area contributed by atoms with Crippen molar-refractivity contribution in [2.75, 3.05) is 7.11 Å². The van der Waals surface area contributed by atoms with E-state index in [1.54, 1.807) is 7.11 Å². The van der Waals surface area contributed by atoms with Crippen LogP contribution in [0, 0.1) is 0 Å². The summed E-state index contributed by atoms with van der Waals surface area (Å²) >= 11 is 0. The molecule has 1 aromatic rings. The molecule has 0 spiro atoms. The van der Waals surface area contributed by atoms with Gasteiger partial charge >= 0.3 is 5.97 Å². The van der Waals surface area contributed by atoms with Crippen LogP contribution in [0.4, 0.5) is 0 Å². The Kier molecular flexibility index (Phi) is 6.59. The van der Waals surface area contributed by atoms with Gasteiger partial charge in [0.15, 0.2) is 0 Å². The second kappa shape index (κ2) is 8.67. The number of rotatable bonds is 7. The van der Waals surface area contributed by atoms with Gasteiger partial charge in [-0.15, -0.1) is 0 Å². The van der Waals surface area contributed by atoms with Gasteiger partial charge in [0, 0.05) is 0 Å². The normalized spacial score (nSPS) is 20.8. The van der Waals surface area contributed by atoms with Gasteiger partial charge in [-0.25, -0.2) is 0 Å². The Balaban J connectivity index is 1.87. The number of esters is 1. The van der Waals surface area contributed by atoms with Crippen molar-refractivity contribution in [2.45, 2.75) is 57.8 Å². The number of hydrogen-bond donors (Lipinski definition) is 0. The molecule has 0 radical (unpaired) electrons. The Hall–Kier alpha value is -1.88. The lowest BCUT2D eigenvalue weighted by Crippen LogP contribution is -2.36. The van der Waals surface area contributed by atoms with Crippen molar-refractivity contribution in [3.8, 4) is 5.75 Å². The third-order valence-corrected chi connectivity index (χ3v) is 3.94. The number of carbonyl (C=O) groups excluding carboxylic acids is 2. The lowest BCUT2D eigenvalue weighted by Gasteiger charge is -2.31. The zero-order chi connectivity index (χ0) is 16.7. The van der Waals surface area contributed by atoms with Crippen molar-refractivity contribution >= 4 is 11.8 Å². The molecule has 0 unspecified atom stereocenters. The number of methoxy groups -OCH3 is 1. The molecule has 23 heavy (non-hydrogen) atoms. The highest BCUT2D eigenvalue weighted by Gasteiger charge is 2.29. The van der Waals surface area contributed by atoms with Gasteiger partial charge in [-0.2, -0.15) is 0 Å². The summed E-state index contributed by atoms with van der Waals surface area (Å²) in [6.45, 7) is 1.86. The van der Waals surface area contributed by atoms with E-state index >= 15 is 0 Å². The van der Waals surface area contributed by atoms with Gasteiger partial charge in [-0.3, -0.25) is 9.59 Å². The van der Waals surface area contributed by atoms with E-state index in [2.05, 4.69) is 0 Å². The zero-order valence-electron chi connectivity index (χ0n) is 13.7. The van der Waals surface area contributed by atoms with Crippen LogP contribution in [0.15, 0.2) is 24.3 Å². The van der Waals surface area contributed by atoms with Crippen LogP contribution in [0.3, 0.4) is 0 Å². The summed E-state index contributed by atoms with van der Waals surface area (Å²) in [7, 11) is 1.63. The van der Waals surface area contributed by atoms with E-state index in [4.69, 9.17) is 14.2 Å². The van der Waals surface area contributed by atoms with Gasteiger partial charge in [0.2, 0.25) is 0 Å². The average molecular weight is 320 g/mol. The lowest BCUT2D eigenvalue weighted by atomic mass is 9.94. The van der Waals surface area contributed by atoms with Crippen molar-refractivity contribution in [3.05, 3.63) is 29.8 Å². The van der Waals surface area contributed by atoms with Gasteiger partial charge in [0.25, 0.3) is 0 Å². The maximum atomic E-state index is 11.7. The van der Waals surface area contributed by atoms with Crippen LogP contribution in [-0.2, 0) is 25.7 Å². The molecule has 1 aromatic carbocycles. The fourth-order valence-electron chi connectivity index (χ4n) is 2.73. The Morgan fingerprint density at radius 3 is 2.35 bits per heavy atom. The molecule has 5 nitrogen and oxygen atoms in total. The quantitative estimate of drug-likeness (QED) is 0.571. The molecule has 0 aromatic heterocycles. The molecule has 0 bridgehead atoms. The number of ketones is 1. The van der Waals surface area contributed by atoms with Crippen LogP contribution in [0.2, 0.25) is 0 Å². The van der Waals surface area contributed by atoms with E-state index in [1.807, 2.05) is 24.3 Å². The van der Waals surface area contributed by atoms with Crippen molar-refractivity contribution in [2.24, 2.45) is 0 Å². The molecule has 1 saturated carbocycles. The van der Waals surface area contributed by atoms with Crippen LogP contribution in [0.25, 0.3) is 0 Å². The van der Waals surface area contributed by atoms with E-state index in [1.165, 1.54) is 6.92 Å². The number of ether oxygens (including phenoxy) is 3. The number of benzene rings is 1. The van der Waals surface area contributed by atoms with Gasteiger partial charge in [0.1, 0.15) is 24.1 Å². The summed E-state index contributed by atoms with van der Waals surface area (Å²) in [4.78, 5) is 22.7. The minimum Gasteiger partial charge on any atom is -0.497 e. The van der Waals surface area contributed by atoms with Gasteiger partial charge in [0.05, 0.1) is 19.8 Å². The fraction of sp³-hybridized carbons (Fsp3) is 0.556. The smallest absolute Gasteiger partial charge is 0.313 e. The van der Waals surface area contributed by atoms with E-state index in [0.29, 0.717) is 6.61 Å². The summed E-state index contributed by atoms with van der Waals surface area (Å²) < 4.78 is 16.5. The SMILES string of the molecule is COc1ccc(CO[C@@H]2CCCC[C@H]2OC(=O)CC(C)=O)cc1. The molecule has 1 fully saturated rings. The molecule has 0 heterocycles. The molecule has 1 aliphatic carbocycles. The molecule has 0 aliphatic heterocycles. The number of carbonyl (C=O) groups is 2. The Labute approximate surface area is 136 Å². The molecule has 126 valence electrons. The largest absolute Gasteiger partial charge is 0.497 e. The highest BCUT2D eigenvalue weighted by Crippen LogP contribution is 2.25. The maximum Gasteiger partial charge on any atom is 0.313 e. The van der Waals surface area contributed by atoms with Crippen molar-refractivity contribution in [1.82, 2.24) is 0 Å². The Bertz CT molecular complexity index is 523. The molecular weight excluding hydrogens is 296 g/mol. The first-order valence-corrected chi connectivity index (χ1v) is 8.02. The summed E-state index contributed by atoms with van der Waals surface area (Å²) in [5, 5.41) is 0. The Morgan fingerprint density at radius 2 is 1.74 bits per heavy atom. The third kappa shape index (κ3) is 5.67. The first kappa shape index (κ1) is 17.5. The fourth-order valence-corrected chi connectivity index (χ4v) is 2.73. The molecule has 1 aliphatic rings. The van der Waals surface area contributed by atoms with Crippen molar-refractivity contribution in [1.29, 1.82) is 0 Å². The second-order valence-corrected chi connectivity index (χ2v) is 5.89. The molecule has 0 N–H and O–H groups in total. The van der Waals surface area contributed by atoms with E-state index in [0.717, 1.165) is 37.0 Å². The summed E-state index contributed by atoms with van der Waals surface area (Å²) in [5.74, 6) is 0.173. The van der Waals surface area contributed by atoms with Crippen LogP contribution in [0.1, 0.15) is 44.6 Å². The summed E-state index contributed by atoms with van der Waals surface area (Å²) in [5.41, 5.74) is 1.05. The highest BCUT2D eigenvalue weighted by atomic mass is 16.6. The number of Topliss-reactive ketones (excluding diaryl/α,β-unsaturated/α-hetero) is 1. The van der Waals surface area contributed by atoms with Crippen LogP contribution in [-0.4, -0.2) is 31.1 Å². The highest BCUT2D eigenvalue weighted by molar-refractivity contribution is 5.94. The van der Waals surface area contributed by atoms with Crippen molar-refractivity contribution in [3.63, 3.8) is 0 Å². The first-order valence-electron chi connectivity index (χ1n) is 8.02. The van der Waals surface area contributed by atoms with E-state index in [-0.39, 0.29) is 24.4 Å². The summed E-state index contributed by atoms with van der Waals surface area (Å²) in [6, 6.07) is 7.70. The van der Waals surface area contributed by atoms with E-state index < -0.39 is 5.97 Å². The van der Waals surface area contributed by atoms with Gasteiger partial charge in [-0.05, 0) is 43.9 Å². The topological polar surface area (TPSA) is 61.8 Å². The summed E-state index contributed by atoms with van der Waals surface area (Å²) in [6.07, 6.45) is 3.21. The monoisotopic (exact) mass is 320 g/mol. The molecule has 2 atom stereocenters. The van der Waals surface area contributed by atoms with E-state index in [9.17, 15) is 9.59 Å². The predicted octanol–water partition coefficient (Wildman–Crippen LogP) is 3.05. The van der Waals surface area contributed by atoms with Gasteiger partial charge in [-0.1, -0.05) is 18.6 Å². The molecule has 0 amide bonds. The second-order valence-electron chi connectivity index (χ2n) is 5.89. The minimum atomic E-state index is -0.456.